The molecule has 2 heterocycles. The third kappa shape index (κ3) is 3.48. The Bertz CT molecular complexity index is 1190. The smallest absolute Gasteiger partial charge is 0.227 e. The Morgan fingerprint density at radius 3 is 2.82 bits per heavy atom. The van der Waals surface area contributed by atoms with Crippen LogP contribution in [0.4, 0.5) is 5.13 Å². The Hall–Kier alpha value is -3.19. The summed E-state index contributed by atoms with van der Waals surface area (Å²) in [4.78, 5) is 28.7. The molecule has 0 atom stereocenters. The molecule has 4 aromatic rings. The Balaban J connectivity index is 1.48. The highest BCUT2D eigenvalue weighted by Gasteiger charge is 2.13. The number of fused-ring (bicyclic) bond motifs is 2. The van der Waals surface area contributed by atoms with Crippen molar-refractivity contribution in [2.75, 3.05) is 12.4 Å². The van der Waals surface area contributed by atoms with Crippen LogP contribution in [0.25, 0.3) is 21.1 Å². The second-order valence-electron chi connectivity index (χ2n) is 6.46. The molecule has 2 aromatic carbocycles. The summed E-state index contributed by atoms with van der Waals surface area (Å²) >= 11 is 1.41. The van der Waals surface area contributed by atoms with Gasteiger partial charge in [0.1, 0.15) is 5.75 Å². The molecule has 0 aliphatic rings. The fourth-order valence-corrected chi connectivity index (χ4v) is 4.11. The lowest BCUT2D eigenvalue weighted by molar-refractivity contribution is -0.116. The number of aryl methyl sites for hydroxylation is 1. The number of hydrogen-bond donors (Lipinski definition) is 1. The lowest BCUT2D eigenvalue weighted by Crippen LogP contribution is -2.14. The van der Waals surface area contributed by atoms with Crippen LogP contribution in [0.3, 0.4) is 0 Å². The minimum atomic E-state index is -0.117. The van der Waals surface area contributed by atoms with Crippen molar-refractivity contribution < 1.29 is 14.3 Å². The number of ketones is 1. The van der Waals surface area contributed by atoms with Gasteiger partial charge in [-0.05, 0) is 31.2 Å². The summed E-state index contributed by atoms with van der Waals surface area (Å²) < 4.78 is 8.13. The predicted octanol–water partition coefficient (Wildman–Crippen LogP) is 4.49. The molecule has 28 heavy (non-hydrogen) atoms. The van der Waals surface area contributed by atoms with E-state index in [0.29, 0.717) is 17.2 Å². The molecule has 0 aliphatic heterocycles. The van der Waals surface area contributed by atoms with E-state index in [9.17, 15) is 9.59 Å². The van der Waals surface area contributed by atoms with Gasteiger partial charge in [0.25, 0.3) is 0 Å². The van der Waals surface area contributed by atoms with E-state index in [1.165, 1.54) is 11.3 Å². The fourth-order valence-electron chi connectivity index (χ4n) is 3.20. The van der Waals surface area contributed by atoms with Crippen molar-refractivity contribution in [1.29, 1.82) is 0 Å². The number of nitrogens with zero attached hydrogens (tertiary/aromatic N) is 2. The van der Waals surface area contributed by atoms with Crippen molar-refractivity contribution in [1.82, 2.24) is 9.55 Å². The lowest BCUT2D eigenvalue weighted by atomic mass is 10.1. The maximum absolute atomic E-state index is 12.4. The van der Waals surface area contributed by atoms with Gasteiger partial charge >= 0.3 is 0 Å². The van der Waals surface area contributed by atoms with Crippen LogP contribution in [0.5, 0.6) is 5.75 Å². The number of thiazole rings is 1. The molecule has 0 saturated carbocycles. The van der Waals surface area contributed by atoms with E-state index in [4.69, 9.17) is 4.74 Å². The third-order valence-corrected chi connectivity index (χ3v) is 5.52. The number of amides is 1. The van der Waals surface area contributed by atoms with Crippen molar-refractivity contribution in [3.8, 4) is 5.75 Å². The number of hydrogen-bond acceptors (Lipinski definition) is 5. The van der Waals surface area contributed by atoms with E-state index in [1.807, 2.05) is 53.2 Å². The number of Topliss-reactive ketones (excluding diaryl/α,β-unsaturated/α-hetero) is 1. The van der Waals surface area contributed by atoms with Crippen LogP contribution in [0.2, 0.25) is 0 Å². The molecule has 0 bridgehead atoms. The molecule has 0 unspecified atom stereocenters. The van der Waals surface area contributed by atoms with Gasteiger partial charge in [-0.2, -0.15) is 0 Å². The van der Waals surface area contributed by atoms with Crippen molar-refractivity contribution in [3.63, 3.8) is 0 Å². The number of methoxy groups -OCH3 is 1. The zero-order chi connectivity index (χ0) is 19.7. The minimum absolute atomic E-state index is 0.0179. The van der Waals surface area contributed by atoms with Crippen molar-refractivity contribution in [2.24, 2.45) is 0 Å². The zero-order valence-electron chi connectivity index (χ0n) is 15.6. The Labute approximate surface area is 165 Å². The van der Waals surface area contributed by atoms with Gasteiger partial charge in [0.15, 0.2) is 10.9 Å². The molecule has 142 valence electrons. The number of aromatic nitrogens is 2. The van der Waals surface area contributed by atoms with E-state index in [1.54, 1.807) is 14.0 Å². The molecule has 6 nitrogen and oxygen atoms in total. The summed E-state index contributed by atoms with van der Waals surface area (Å²) in [5.74, 6) is 0.660. The summed E-state index contributed by atoms with van der Waals surface area (Å²) in [6, 6.07) is 13.3. The highest BCUT2D eigenvalue weighted by molar-refractivity contribution is 7.22. The molecule has 4 rings (SSSR count). The van der Waals surface area contributed by atoms with E-state index in [2.05, 4.69) is 10.3 Å². The van der Waals surface area contributed by atoms with E-state index >= 15 is 0 Å². The monoisotopic (exact) mass is 393 g/mol. The number of nitrogens with one attached hydrogen (secondary N) is 1. The molecule has 0 fully saturated rings. The highest BCUT2D eigenvalue weighted by Crippen LogP contribution is 2.29. The summed E-state index contributed by atoms with van der Waals surface area (Å²) in [6.45, 7) is 2.04. The number of rotatable bonds is 6. The molecule has 2 aromatic heterocycles. The number of anilines is 1. The second-order valence-corrected chi connectivity index (χ2v) is 7.49. The van der Waals surface area contributed by atoms with Gasteiger partial charge < -0.3 is 14.6 Å². The lowest BCUT2D eigenvalue weighted by Gasteiger charge is -2.05. The standard InChI is InChI=1S/C21H19N3O3S/c1-13(25)16-12-24(18-6-4-3-5-15(16)18)10-9-20(26)23-21-22-17-8-7-14(27-2)11-19(17)28-21/h3-8,11-12H,9-10H2,1-2H3,(H,22,23,26). The molecule has 0 saturated heterocycles. The predicted molar refractivity (Wildman–Crippen MR) is 111 cm³/mol. The van der Waals surface area contributed by atoms with Crippen molar-refractivity contribution in [3.05, 3.63) is 54.2 Å². The average molecular weight is 393 g/mol. The van der Waals surface area contributed by atoms with Gasteiger partial charge in [-0.3, -0.25) is 9.59 Å². The maximum Gasteiger partial charge on any atom is 0.227 e. The second kappa shape index (κ2) is 7.44. The quantitative estimate of drug-likeness (QED) is 0.490. The maximum atomic E-state index is 12.4. The first-order chi connectivity index (χ1) is 13.5. The normalized spacial score (nSPS) is 11.1. The first-order valence-corrected chi connectivity index (χ1v) is 9.70. The van der Waals surface area contributed by atoms with Crippen LogP contribution in [0.1, 0.15) is 23.7 Å². The first kappa shape index (κ1) is 18.2. The van der Waals surface area contributed by atoms with Crippen LogP contribution < -0.4 is 10.1 Å². The SMILES string of the molecule is COc1ccc2nc(NC(=O)CCn3cc(C(C)=O)c4ccccc43)sc2c1. The van der Waals surface area contributed by atoms with Gasteiger partial charge in [-0.15, -0.1) is 0 Å². The molecule has 0 radical (unpaired) electrons. The number of carbonyl (C=O) groups excluding carboxylic acids is 2. The summed E-state index contributed by atoms with van der Waals surface area (Å²) in [7, 11) is 1.62. The highest BCUT2D eigenvalue weighted by atomic mass is 32.1. The Morgan fingerprint density at radius 2 is 2.04 bits per heavy atom. The first-order valence-electron chi connectivity index (χ1n) is 8.88. The van der Waals surface area contributed by atoms with Crippen LogP contribution >= 0.6 is 11.3 Å². The van der Waals surface area contributed by atoms with Crippen LogP contribution in [-0.4, -0.2) is 28.4 Å². The number of ether oxygens (including phenoxy) is 1. The number of para-hydroxylation sites is 1. The molecule has 1 amide bonds. The average Bonchev–Trinajstić information content (AvgIpc) is 3.26. The van der Waals surface area contributed by atoms with E-state index < -0.39 is 0 Å². The Morgan fingerprint density at radius 1 is 1.21 bits per heavy atom. The van der Waals surface area contributed by atoms with E-state index in [0.717, 1.165) is 26.9 Å². The number of benzene rings is 2. The third-order valence-electron chi connectivity index (χ3n) is 4.59. The summed E-state index contributed by atoms with van der Waals surface area (Å²) in [5.41, 5.74) is 2.45. The molecule has 1 N–H and O–H groups in total. The van der Waals surface area contributed by atoms with E-state index in [-0.39, 0.29) is 18.1 Å². The largest absolute Gasteiger partial charge is 0.497 e. The van der Waals surface area contributed by atoms with Gasteiger partial charge in [-0.1, -0.05) is 29.5 Å². The van der Waals surface area contributed by atoms with Gasteiger partial charge in [0.2, 0.25) is 5.91 Å². The van der Waals surface area contributed by atoms with Gasteiger partial charge in [0, 0.05) is 35.6 Å². The summed E-state index contributed by atoms with van der Waals surface area (Å²) in [6.07, 6.45) is 2.11. The Kier molecular flexibility index (Phi) is 4.83. The topological polar surface area (TPSA) is 73.2 Å². The fraction of sp³-hybridized carbons (Fsp3) is 0.190. The van der Waals surface area contributed by atoms with Crippen molar-refractivity contribution in [2.45, 2.75) is 19.9 Å². The van der Waals surface area contributed by atoms with Crippen LogP contribution in [-0.2, 0) is 11.3 Å². The molecule has 7 heteroatoms. The zero-order valence-corrected chi connectivity index (χ0v) is 16.4. The van der Waals surface area contributed by atoms with Crippen LogP contribution in [0, 0.1) is 0 Å². The van der Waals surface area contributed by atoms with Crippen LogP contribution in [0.15, 0.2) is 48.7 Å². The number of carbonyl (C=O) groups is 2. The molecular weight excluding hydrogens is 374 g/mol. The van der Waals surface area contributed by atoms with Gasteiger partial charge in [0.05, 0.1) is 17.3 Å². The van der Waals surface area contributed by atoms with Gasteiger partial charge in [-0.25, -0.2) is 4.98 Å². The minimum Gasteiger partial charge on any atom is -0.497 e. The molecule has 0 aliphatic carbocycles. The molecule has 0 spiro atoms. The molecular formula is C21H19N3O3S. The summed E-state index contributed by atoms with van der Waals surface area (Å²) in [5, 5.41) is 4.34. The van der Waals surface area contributed by atoms with Crippen molar-refractivity contribution >= 4 is 49.3 Å².